The van der Waals surface area contributed by atoms with Crippen LogP contribution in [-0.4, -0.2) is 27.6 Å². The van der Waals surface area contributed by atoms with Gasteiger partial charge in [-0.15, -0.1) is 0 Å². The van der Waals surface area contributed by atoms with Gasteiger partial charge < -0.3 is 4.57 Å². The summed E-state index contributed by atoms with van der Waals surface area (Å²) in [4.78, 5) is 19.3. The van der Waals surface area contributed by atoms with Gasteiger partial charge >= 0.3 is 0 Å². The second-order valence-corrected chi connectivity index (χ2v) is 19.7. The van der Waals surface area contributed by atoms with Crippen molar-refractivity contribution in [2.75, 3.05) is 0 Å². The van der Waals surface area contributed by atoms with Crippen molar-refractivity contribution in [3.63, 3.8) is 0 Å². The monoisotopic (exact) mass is 833 g/mol. The molecular formula is C58H39N5Si. The van der Waals surface area contributed by atoms with Crippen LogP contribution in [-0.2, 0) is 0 Å². The number of fused-ring (bicyclic) bond motifs is 3. The Kier molecular flexibility index (Phi) is 9.85. The average Bonchev–Trinajstić information content (AvgIpc) is 3.71. The fraction of sp³-hybridized carbons (Fsp3) is 0. The van der Waals surface area contributed by atoms with E-state index in [1.807, 2.05) is 72.8 Å². The molecular weight excluding hydrogens is 795 g/mol. The molecule has 0 bridgehead atoms. The molecule has 0 amide bonds. The Morgan fingerprint density at radius 2 is 0.828 bits per heavy atom. The van der Waals surface area contributed by atoms with Gasteiger partial charge in [-0.05, 0) is 67.6 Å². The summed E-state index contributed by atoms with van der Waals surface area (Å²) < 4.78 is 2.31. The minimum Gasteiger partial charge on any atom is -0.309 e. The molecule has 0 atom stereocenters. The third-order valence-electron chi connectivity index (χ3n) is 12.2. The molecule has 2 heterocycles. The van der Waals surface area contributed by atoms with E-state index in [0.717, 1.165) is 55.3 Å². The van der Waals surface area contributed by atoms with Crippen LogP contribution in [0.2, 0.25) is 0 Å². The summed E-state index contributed by atoms with van der Waals surface area (Å²) in [6.45, 7) is 7.87. The van der Waals surface area contributed by atoms with Crippen LogP contribution in [0.5, 0.6) is 0 Å². The van der Waals surface area contributed by atoms with E-state index >= 15 is 0 Å². The van der Waals surface area contributed by atoms with Gasteiger partial charge in [0.1, 0.15) is 0 Å². The molecule has 9 aromatic carbocycles. The topological polar surface area (TPSA) is 48.0 Å². The van der Waals surface area contributed by atoms with Crippen molar-refractivity contribution < 1.29 is 0 Å². The molecule has 5 nitrogen and oxygen atoms in total. The van der Waals surface area contributed by atoms with E-state index in [-0.39, 0.29) is 0 Å². The van der Waals surface area contributed by atoms with Crippen LogP contribution < -0.4 is 20.7 Å². The lowest BCUT2D eigenvalue weighted by molar-refractivity contribution is 1.06. The maximum Gasteiger partial charge on any atom is 0.188 e. The highest BCUT2D eigenvalue weighted by molar-refractivity contribution is 7.19. The number of para-hydroxylation sites is 1. The van der Waals surface area contributed by atoms with E-state index < -0.39 is 8.07 Å². The highest BCUT2D eigenvalue weighted by Gasteiger charge is 2.41. The zero-order valence-electron chi connectivity index (χ0n) is 34.8. The molecule has 64 heavy (non-hydrogen) atoms. The van der Waals surface area contributed by atoms with Crippen molar-refractivity contribution in [1.82, 2.24) is 19.5 Å². The van der Waals surface area contributed by atoms with Gasteiger partial charge in [0.25, 0.3) is 0 Å². The Morgan fingerprint density at radius 1 is 0.359 bits per heavy atom. The van der Waals surface area contributed by atoms with E-state index in [0.29, 0.717) is 23.2 Å². The molecule has 0 aliphatic carbocycles. The summed E-state index contributed by atoms with van der Waals surface area (Å²) >= 11 is 0. The molecule has 0 saturated carbocycles. The molecule has 2 aromatic heterocycles. The van der Waals surface area contributed by atoms with Crippen molar-refractivity contribution in [2.45, 2.75) is 0 Å². The SMILES string of the molecule is [C-]#[N+]c1ccc2c(c1)c1ccccc1n2-c1cc(-c2cccc([Si](c3ccccc3)(c3ccccc3)c3ccccc3)c2)ccc1-c1nc(-c2ccccc2)nc(-c2ccccc2)n1. The molecule has 0 fully saturated rings. The molecule has 0 aliphatic heterocycles. The minimum atomic E-state index is -2.81. The van der Waals surface area contributed by atoms with E-state index in [2.05, 4.69) is 173 Å². The number of nitrogens with zero attached hydrogens (tertiary/aromatic N) is 5. The third-order valence-corrected chi connectivity index (χ3v) is 17.0. The largest absolute Gasteiger partial charge is 0.309 e. The molecule has 0 unspecified atom stereocenters. The number of benzene rings is 9. The molecule has 0 saturated heterocycles. The van der Waals surface area contributed by atoms with Gasteiger partial charge in [0.05, 0.1) is 23.3 Å². The summed E-state index contributed by atoms with van der Waals surface area (Å²) in [6, 6.07) is 83.5. The smallest absolute Gasteiger partial charge is 0.188 e. The maximum absolute atomic E-state index is 7.87. The molecule has 300 valence electrons. The number of hydrogen-bond donors (Lipinski definition) is 0. The second kappa shape index (κ2) is 16.4. The second-order valence-electron chi connectivity index (χ2n) is 15.9. The highest BCUT2D eigenvalue weighted by Crippen LogP contribution is 2.39. The van der Waals surface area contributed by atoms with Crippen LogP contribution in [0.3, 0.4) is 0 Å². The van der Waals surface area contributed by atoms with Crippen LogP contribution >= 0.6 is 0 Å². The first-order chi connectivity index (χ1) is 31.7. The van der Waals surface area contributed by atoms with Crippen LogP contribution in [0.4, 0.5) is 5.69 Å². The van der Waals surface area contributed by atoms with Gasteiger partial charge in [-0.3, -0.25) is 0 Å². The van der Waals surface area contributed by atoms with Gasteiger partial charge in [0.2, 0.25) is 0 Å². The lowest BCUT2D eigenvalue weighted by Gasteiger charge is -2.34. The van der Waals surface area contributed by atoms with Crippen LogP contribution in [0.25, 0.3) is 77.6 Å². The van der Waals surface area contributed by atoms with Crippen molar-refractivity contribution in [2.24, 2.45) is 0 Å². The molecule has 0 spiro atoms. The van der Waals surface area contributed by atoms with Crippen molar-refractivity contribution in [3.8, 4) is 51.0 Å². The molecule has 6 heteroatoms. The molecule has 11 rings (SSSR count). The van der Waals surface area contributed by atoms with Crippen LogP contribution in [0.15, 0.2) is 237 Å². The lowest BCUT2D eigenvalue weighted by atomic mass is 10.0. The van der Waals surface area contributed by atoms with E-state index in [1.54, 1.807) is 0 Å². The van der Waals surface area contributed by atoms with Gasteiger partial charge in [-0.25, -0.2) is 19.8 Å². The van der Waals surface area contributed by atoms with Crippen LogP contribution in [0.1, 0.15) is 0 Å². The third kappa shape index (κ3) is 6.69. The summed E-state index contributed by atoms with van der Waals surface area (Å²) in [7, 11) is -2.81. The molecule has 11 aromatic rings. The standard InChI is InChI=1S/C58H39N5Si/c1-59-45-35-37-54-52(40-45)50-32-17-18-33-53(50)63(54)55-39-44(34-36-51(55)58-61-56(41-20-7-2-8-21-41)60-57(62-58)42-22-9-3-10-23-42)43-24-19-31-49(38-43)64(46-25-11-4-12-26-46,47-27-13-5-14-28-47)48-29-15-6-16-30-48/h2-40H. The minimum absolute atomic E-state index is 0.565. The summed E-state index contributed by atoms with van der Waals surface area (Å²) in [5, 5.41) is 7.34. The Balaban J connectivity index is 1.19. The summed E-state index contributed by atoms with van der Waals surface area (Å²) in [5.74, 6) is 1.76. The van der Waals surface area contributed by atoms with Crippen molar-refractivity contribution >= 4 is 56.3 Å². The fourth-order valence-corrected chi connectivity index (χ4v) is 14.1. The predicted octanol–water partition coefficient (Wildman–Crippen LogP) is 11.6. The maximum atomic E-state index is 7.87. The Bertz CT molecular complexity index is 3340. The zero-order chi connectivity index (χ0) is 42.9. The fourth-order valence-electron chi connectivity index (χ4n) is 9.30. The van der Waals surface area contributed by atoms with Crippen molar-refractivity contribution in [1.29, 1.82) is 0 Å². The zero-order valence-corrected chi connectivity index (χ0v) is 35.8. The van der Waals surface area contributed by atoms with E-state index in [4.69, 9.17) is 21.5 Å². The number of hydrogen-bond acceptors (Lipinski definition) is 3. The molecule has 0 N–H and O–H groups in total. The van der Waals surface area contributed by atoms with Gasteiger partial charge in [0, 0.05) is 22.1 Å². The number of rotatable bonds is 9. The lowest BCUT2D eigenvalue weighted by Crippen LogP contribution is -2.74. The van der Waals surface area contributed by atoms with E-state index in [9.17, 15) is 0 Å². The first kappa shape index (κ1) is 38.4. The van der Waals surface area contributed by atoms with Crippen molar-refractivity contribution in [3.05, 3.63) is 248 Å². The van der Waals surface area contributed by atoms with Gasteiger partial charge in [0.15, 0.2) is 31.2 Å². The van der Waals surface area contributed by atoms with Gasteiger partial charge in [-0.2, -0.15) is 0 Å². The van der Waals surface area contributed by atoms with Gasteiger partial charge in [-0.1, -0.05) is 206 Å². The summed E-state index contributed by atoms with van der Waals surface area (Å²) in [6.07, 6.45) is 0. The molecule has 0 aliphatic rings. The summed E-state index contributed by atoms with van der Waals surface area (Å²) in [5.41, 5.74) is 8.37. The Morgan fingerprint density at radius 3 is 1.41 bits per heavy atom. The number of aromatic nitrogens is 4. The molecule has 0 radical (unpaired) electrons. The Labute approximate surface area is 373 Å². The highest BCUT2D eigenvalue weighted by atomic mass is 28.3. The quantitative estimate of drug-likeness (QED) is 0.0827. The average molecular weight is 834 g/mol. The normalized spacial score (nSPS) is 11.4. The Hall–Kier alpha value is -8.50. The first-order valence-corrected chi connectivity index (χ1v) is 23.4. The van der Waals surface area contributed by atoms with Crippen LogP contribution in [0, 0.1) is 6.57 Å². The first-order valence-electron chi connectivity index (χ1n) is 21.4. The predicted molar refractivity (Wildman–Crippen MR) is 266 cm³/mol. The van der Waals surface area contributed by atoms with E-state index in [1.165, 1.54) is 20.7 Å².